The van der Waals surface area contributed by atoms with Crippen LogP contribution in [-0.2, 0) is 4.79 Å². The molecular formula is C24H40N2O2S. The topological polar surface area (TPSA) is 50.4 Å². The Kier molecular flexibility index (Phi) is 14.2. The Bertz CT molecular complexity index is 590. The van der Waals surface area contributed by atoms with Crippen molar-refractivity contribution in [2.45, 2.75) is 104 Å². The van der Waals surface area contributed by atoms with E-state index >= 15 is 0 Å². The number of rotatable bonds is 15. The normalized spacial score (nSPS) is 10.8. The SMILES string of the molecule is CCCCCCCCCCCCCC(=O)NC(=S)Nc1cccc(OC(C)C)c1. The third-order valence-electron chi connectivity index (χ3n) is 4.72. The van der Waals surface area contributed by atoms with E-state index in [1.54, 1.807) is 0 Å². The molecule has 0 saturated carbocycles. The quantitative estimate of drug-likeness (QED) is 0.237. The van der Waals surface area contributed by atoms with Crippen LogP contribution in [0.25, 0.3) is 0 Å². The van der Waals surface area contributed by atoms with Crippen molar-refractivity contribution in [2.24, 2.45) is 0 Å². The minimum Gasteiger partial charge on any atom is -0.491 e. The van der Waals surface area contributed by atoms with Crippen LogP contribution in [0.2, 0.25) is 0 Å². The first-order valence-electron chi connectivity index (χ1n) is 11.4. The smallest absolute Gasteiger partial charge is 0.226 e. The van der Waals surface area contributed by atoms with Gasteiger partial charge in [0.05, 0.1) is 6.10 Å². The summed E-state index contributed by atoms with van der Waals surface area (Å²) >= 11 is 5.25. The molecule has 1 amide bonds. The molecule has 0 heterocycles. The van der Waals surface area contributed by atoms with Gasteiger partial charge in [0, 0.05) is 18.2 Å². The highest BCUT2D eigenvalue weighted by molar-refractivity contribution is 7.80. The van der Waals surface area contributed by atoms with Crippen molar-refractivity contribution in [1.82, 2.24) is 5.32 Å². The van der Waals surface area contributed by atoms with E-state index < -0.39 is 0 Å². The van der Waals surface area contributed by atoms with Crippen LogP contribution in [0.3, 0.4) is 0 Å². The predicted molar refractivity (Wildman–Crippen MR) is 128 cm³/mol. The summed E-state index contributed by atoms with van der Waals surface area (Å²) in [7, 11) is 0. The highest BCUT2D eigenvalue weighted by Gasteiger charge is 2.06. The summed E-state index contributed by atoms with van der Waals surface area (Å²) in [4.78, 5) is 12.1. The van der Waals surface area contributed by atoms with Gasteiger partial charge in [-0.2, -0.15) is 0 Å². The molecule has 0 spiro atoms. The molecule has 0 saturated heterocycles. The monoisotopic (exact) mass is 420 g/mol. The number of hydrogen-bond acceptors (Lipinski definition) is 3. The number of hydrogen-bond donors (Lipinski definition) is 2. The lowest BCUT2D eigenvalue weighted by Crippen LogP contribution is -2.33. The number of nitrogens with one attached hydrogen (secondary N) is 2. The fourth-order valence-electron chi connectivity index (χ4n) is 3.22. The van der Waals surface area contributed by atoms with Gasteiger partial charge in [-0.05, 0) is 44.6 Å². The number of thiocarbonyl (C=S) groups is 1. The van der Waals surface area contributed by atoms with Crippen LogP contribution in [0, 0.1) is 0 Å². The number of amides is 1. The van der Waals surface area contributed by atoms with Crippen molar-refractivity contribution in [3.05, 3.63) is 24.3 Å². The van der Waals surface area contributed by atoms with Crippen molar-refractivity contribution in [3.8, 4) is 5.75 Å². The zero-order valence-corrected chi connectivity index (χ0v) is 19.4. The number of ether oxygens (including phenoxy) is 1. The Morgan fingerprint density at radius 2 is 1.55 bits per heavy atom. The van der Waals surface area contributed by atoms with E-state index in [2.05, 4.69) is 17.6 Å². The molecule has 0 aromatic heterocycles. The van der Waals surface area contributed by atoms with Crippen LogP contribution in [0.4, 0.5) is 5.69 Å². The van der Waals surface area contributed by atoms with Gasteiger partial charge in [0.25, 0.3) is 0 Å². The fourth-order valence-corrected chi connectivity index (χ4v) is 3.45. The van der Waals surface area contributed by atoms with Gasteiger partial charge in [-0.1, -0.05) is 77.2 Å². The zero-order chi connectivity index (χ0) is 21.3. The van der Waals surface area contributed by atoms with E-state index in [4.69, 9.17) is 17.0 Å². The summed E-state index contributed by atoms with van der Waals surface area (Å²) in [6.45, 7) is 6.23. The number of anilines is 1. The minimum atomic E-state index is -0.0204. The van der Waals surface area contributed by atoms with Gasteiger partial charge in [0.2, 0.25) is 5.91 Å². The summed E-state index contributed by atoms with van der Waals surface area (Å²) in [5.41, 5.74) is 0.808. The van der Waals surface area contributed by atoms with Crippen LogP contribution in [0.15, 0.2) is 24.3 Å². The summed E-state index contributed by atoms with van der Waals surface area (Å²) < 4.78 is 5.67. The Labute approximate surface area is 183 Å². The molecular weight excluding hydrogens is 380 g/mol. The molecule has 0 bridgehead atoms. The molecule has 0 fully saturated rings. The van der Waals surface area contributed by atoms with Crippen LogP contribution in [0.5, 0.6) is 5.75 Å². The van der Waals surface area contributed by atoms with E-state index in [0.717, 1.165) is 24.3 Å². The lowest BCUT2D eigenvalue weighted by molar-refractivity contribution is -0.119. The van der Waals surface area contributed by atoms with Gasteiger partial charge in [0.15, 0.2) is 5.11 Å². The van der Waals surface area contributed by atoms with Gasteiger partial charge >= 0.3 is 0 Å². The van der Waals surface area contributed by atoms with Crippen LogP contribution in [-0.4, -0.2) is 17.1 Å². The van der Waals surface area contributed by atoms with E-state index in [0.29, 0.717) is 11.5 Å². The lowest BCUT2D eigenvalue weighted by atomic mass is 10.1. The minimum absolute atomic E-state index is 0.0204. The lowest BCUT2D eigenvalue weighted by Gasteiger charge is -2.13. The van der Waals surface area contributed by atoms with Gasteiger partial charge in [-0.3, -0.25) is 4.79 Å². The predicted octanol–water partition coefficient (Wildman–Crippen LogP) is 6.99. The number of benzene rings is 1. The van der Waals surface area contributed by atoms with Crippen molar-refractivity contribution in [3.63, 3.8) is 0 Å². The molecule has 29 heavy (non-hydrogen) atoms. The average Bonchev–Trinajstić information content (AvgIpc) is 2.65. The summed E-state index contributed by atoms with van der Waals surface area (Å²) in [6, 6.07) is 7.58. The largest absolute Gasteiger partial charge is 0.491 e. The molecule has 1 rings (SSSR count). The van der Waals surface area contributed by atoms with Crippen molar-refractivity contribution < 1.29 is 9.53 Å². The molecule has 0 unspecified atom stereocenters. The molecule has 1 aromatic rings. The first kappa shape index (κ1) is 25.4. The summed E-state index contributed by atoms with van der Waals surface area (Å²) in [5, 5.41) is 6.15. The average molecular weight is 421 g/mol. The summed E-state index contributed by atoms with van der Waals surface area (Å²) in [6.07, 6.45) is 14.7. The third kappa shape index (κ3) is 14.1. The second-order valence-corrected chi connectivity index (χ2v) is 8.39. The first-order chi connectivity index (χ1) is 14.0. The molecule has 1 aromatic carbocycles. The molecule has 2 N–H and O–H groups in total. The van der Waals surface area contributed by atoms with Crippen molar-refractivity contribution >= 4 is 28.9 Å². The molecule has 0 aliphatic carbocycles. The fraction of sp³-hybridized carbons (Fsp3) is 0.667. The van der Waals surface area contributed by atoms with Crippen LogP contribution in [0.1, 0.15) is 97.8 Å². The van der Waals surface area contributed by atoms with Gasteiger partial charge < -0.3 is 15.4 Å². The molecule has 0 aliphatic heterocycles. The zero-order valence-electron chi connectivity index (χ0n) is 18.6. The molecule has 0 aliphatic rings. The number of unbranched alkanes of at least 4 members (excludes halogenated alkanes) is 10. The molecule has 164 valence electrons. The molecule has 5 heteroatoms. The molecule has 0 radical (unpaired) electrons. The Morgan fingerprint density at radius 3 is 2.14 bits per heavy atom. The maximum atomic E-state index is 12.1. The van der Waals surface area contributed by atoms with E-state index in [9.17, 15) is 4.79 Å². The standard InChI is InChI=1S/C24H40N2O2S/c1-4-5-6-7-8-9-10-11-12-13-14-18-23(27)26-24(29)25-21-16-15-17-22(19-21)28-20(2)3/h15-17,19-20H,4-14,18H2,1-3H3,(H2,25,26,27,29). The summed E-state index contributed by atoms with van der Waals surface area (Å²) in [5.74, 6) is 0.757. The molecule has 0 atom stereocenters. The van der Waals surface area contributed by atoms with Crippen LogP contribution >= 0.6 is 12.2 Å². The number of carbonyl (C=O) groups is 1. The van der Waals surface area contributed by atoms with Crippen LogP contribution < -0.4 is 15.4 Å². The van der Waals surface area contributed by atoms with Gasteiger partial charge in [0.1, 0.15) is 5.75 Å². The Balaban J connectivity index is 2.07. The second kappa shape index (κ2) is 16.2. The third-order valence-corrected chi connectivity index (χ3v) is 4.93. The highest BCUT2D eigenvalue weighted by atomic mass is 32.1. The van der Waals surface area contributed by atoms with Gasteiger partial charge in [-0.25, -0.2) is 0 Å². The van der Waals surface area contributed by atoms with E-state index in [1.807, 2.05) is 38.1 Å². The Hall–Kier alpha value is -1.62. The first-order valence-corrected chi connectivity index (χ1v) is 11.8. The van der Waals surface area contributed by atoms with Crippen molar-refractivity contribution in [1.29, 1.82) is 0 Å². The van der Waals surface area contributed by atoms with Gasteiger partial charge in [-0.15, -0.1) is 0 Å². The second-order valence-electron chi connectivity index (χ2n) is 7.98. The van der Waals surface area contributed by atoms with Crippen molar-refractivity contribution in [2.75, 3.05) is 5.32 Å². The Morgan fingerprint density at radius 1 is 0.966 bits per heavy atom. The van der Waals surface area contributed by atoms with E-state index in [-0.39, 0.29) is 12.0 Å². The van der Waals surface area contributed by atoms with E-state index in [1.165, 1.54) is 57.8 Å². The molecule has 4 nitrogen and oxygen atoms in total. The maximum Gasteiger partial charge on any atom is 0.226 e. The maximum absolute atomic E-state index is 12.1. The number of carbonyl (C=O) groups excluding carboxylic acids is 1. The highest BCUT2D eigenvalue weighted by Crippen LogP contribution is 2.18.